The average Bonchev–Trinajstić information content (AvgIpc) is 2.57. The summed E-state index contributed by atoms with van der Waals surface area (Å²) in [7, 11) is 1.33. The highest BCUT2D eigenvalue weighted by atomic mass is 35.5. The predicted octanol–water partition coefficient (Wildman–Crippen LogP) is 1.12. The summed E-state index contributed by atoms with van der Waals surface area (Å²) in [6.07, 6.45) is 0.776. The van der Waals surface area contributed by atoms with Crippen molar-refractivity contribution in [3.05, 3.63) is 35.9 Å². The zero-order valence-electron chi connectivity index (χ0n) is 13.8. The van der Waals surface area contributed by atoms with Crippen LogP contribution in [-0.2, 0) is 19.9 Å². The van der Waals surface area contributed by atoms with E-state index >= 15 is 0 Å². The van der Waals surface area contributed by atoms with Gasteiger partial charge in [-0.2, -0.15) is 0 Å². The van der Waals surface area contributed by atoms with Crippen LogP contribution in [0.5, 0.6) is 0 Å². The van der Waals surface area contributed by atoms with Gasteiger partial charge in [-0.05, 0) is 24.9 Å². The number of carbonyl (C=O) groups excluding carboxylic acids is 2. The van der Waals surface area contributed by atoms with Crippen LogP contribution < -0.4 is 10.6 Å². The molecule has 2 rings (SSSR count). The molecule has 1 fully saturated rings. The molecule has 0 radical (unpaired) electrons. The lowest BCUT2D eigenvalue weighted by Crippen LogP contribution is -2.61. The minimum Gasteiger partial charge on any atom is -0.469 e. The van der Waals surface area contributed by atoms with Gasteiger partial charge in [0.2, 0.25) is 5.91 Å². The Hall–Kier alpha value is -1.63. The Labute approximate surface area is 148 Å². The van der Waals surface area contributed by atoms with Crippen LogP contribution in [0.3, 0.4) is 0 Å². The highest BCUT2D eigenvalue weighted by molar-refractivity contribution is 5.85. The molecule has 2 atom stereocenters. The molecule has 24 heavy (non-hydrogen) atoms. The summed E-state index contributed by atoms with van der Waals surface area (Å²) in [6, 6.07) is 9.54. The van der Waals surface area contributed by atoms with Crippen LogP contribution >= 0.6 is 12.4 Å². The van der Waals surface area contributed by atoms with Crippen LogP contribution in [0.15, 0.2) is 30.3 Å². The smallest absolute Gasteiger partial charge is 0.305 e. The maximum Gasteiger partial charge on any atom is 0.305 e. The van der Waals surface area contributed by atoms with E-state index in [1.807, 2.05) is 30.3 Å². The molecule has 0 aromatic heterocycles. The number of benzene rings is 1. The molecule has 1 amide bonds. The van der Waals surface area contributed by atoms with Gasteiger partial charge in [0.05, 0.1) is 18.8 Å². The number of carbonyl (C=O) groups is 2. The minimum absolute atomic E-state index is 0. The lowest BCUT2D eigenvalue weighted by molar-refractivity contribution is -0.140. The van der Waals surface area contributed by atoms with Crippen molar-refractivity contribution in [2.24, 2.45) is 0 Å². The number of methoxy groups -OCH3 is 1. The number of amides is 1. The Morgan fingerprint density at radius 3 is 2.67 bits per heavy atom. The predicted molar refractivity (Wildman–Crippen MR) is 92.9 cm³/mol. The number of hydrogen-bond acceptors (Lipinski definition) is 5. The zero-order valence-corrected chi connectivity index (χ0v) is 14.6. The molecule has 3 N–H and O–H groups in total. The van der Waals surface area contributed by atoms with Crippen molar-refractivity contribution < 1.29 is 19.4 Å². The minimum atomic E-state index is -0.783. The summed E-state index contributed by atoms with van der Waals surface area (Å²) in [4.78, 5) is 23.4. The topological polar surface area (TPSA) is 87.7 Å². The fourth-order valence-corrected chi connectivity index (χ4v) is 2.96. The number of piperidine rings is 1. The molecule has 1 saturated heterocycles. The molecule has 1 heterocycles. The molecule has 0 bridgehead atoms. The molecule has 7 heteroatoms. The fraction of sp³-hybridized carbons (Fsp3) is 0.529. The summed E-state index contributed by atoms with van der Waals surface area (Å²) in [5, 5.41) is 16.7. The van der Waals surface area contributed by atoms with Gasteiger partial charge in [0.1, 0.15) is 0 Å². The number of rotatable bonds is 6. The third-order valence-electron chi connectivity index (χ3n) is 4.27. The van der Waals surface area contributed by atoms with Crippen molar-refractivity contribution in [2.45, 2.75) is 37.3 Å². The van der Waals surface area contributed by atoms with Crippen LogP contribution in [0.25, 0.3) is 0 Å². The van der Waals surface area contributed by atoms with Crippen molar-refractivity contribution in [3.8, 4) is 0 Å². The molecule has 0 saturated carbocycles. The van der Waals surface area contributed by atoms with Gasteiger partial charge in [-0.25, -0.2) is 0 Å². The van der Waals surface area contributed by atoms with Crippen LogP contribution in [0.1, 0.15) is 31.2 Å². The van der Waals surface area contributed by atoms with Gasteiger partial charge in [-0.1, -0.05) is 30.3 Å². The van der Waals surface area contributed by atoms with E-state index in [0.29, 0.717) is 25.9 Å². The van der Waals surface area contributed by atoms with E-state index in [-0.39, 0.29) is 37.1 Å². The summed E-state index contributed by atoms with van der Waals surface area (Å²) < 4.78 is 4.57. The molecule has 6 nitrogen and oxygen atoms in total. The van der Waals surface area contributed by atoms with Gasteiger partial charge < -0.3 is 20.5 Å². The number of esters is 1. The van der Waals surface area contributed by atoms with Gasteiger partial charge in [-0.3, -0.25) is 9.59 Å². The number of nitrogens with one attached hydrogen (secondary N) is 2. The Bertz CT molecular complexity index is 541. The maximum atomic E-state index is 12.3. The number of hydrogen-bond donors (Lipinski definition) is 3. The molecular weight excluding hydrogens is 332 g/mol. The van der Waals surface area contributed by atoms with Crippen molar-refractivity contribution in [1.82, 2.24) is 10.6 Å². The van der Waals surface area contributed by atoms with Gasteiger partial charge >= 0.3 is 5.97 Å². The zero-order chi connectivity index (χ0) is 16.7. The normalized spacial score (nSPS) is 23.0. The highest BCUT2D eigenvalue weighted by Gasteiger charge is 2.42. The van der Waals surface area contributed by atoms with Gasteiger partial charge in [-0.15, -0.1) is 12.4 Å². The highest BCUT2D eigenvalue weighted by Crippen LogP contribution is 2.31. The van der Waals surface area contributed by atoms with Gasteiger partial charge in [0.15, 0.2) is 0 Å². The second kappa shape index (κ2) is 9.61. The van der Waals surface area contributed by atoms with Crippen molar-refractivity contribution in [2.75, 3.05) is 20.2 Å². The van der Waals surface area contributed by atoms with Gasteiger partial charge in [0.25, 0.3) is 0 Å². The first-order valence-electron chi connectivity index (χ1n) is 7.90. The van der Waals surface area contributed by atoms with E-state index in [1.165, 1.54) is 7.11 Å². The van der Waals surface area contributed by atoms with Crippen LogP contribution in [0, 0.1) is 0 Å². The Balaban J connectivity index is 0.00000288. The third kappa shape index (κ3) is 4.93. The van der Waals surface area contributed by atoms with E-state index < -0.39 is 11.6 Å². The van der Waals surface area contributed by atoms with E-state index in [2.05, 4.69) is 15.4 Å². The second-order valence-electron chi connectivity index (χ2n) is 5.79. The standard InChI is InChI=1S/C17H24N2O4.ClH/c1-23-16(22)9-5-8-15(21)19-17(10-11-18-12-14(17)20)13-6-3-2-4-7-13;/h2-4,6-7,14,18,20H,5,8-12H2,1H3,(H,19,21);1H/t14-,17+;/m1./s1. The summed E-state index contributed by atoms with van der Waals surface area (Å²) in [5.74, 6) is -0.490. The summed E-state index contributed by atoms with van der Waals surface area (Å²) in [6.45, 7) is 1.14. The second-order valence-corrected chi connectivity index (χ2v) is 5.79. The van der Waals surface area contributed by atoms with Crippen molar-refractivity contribution >= 4 is 24.3 Å². The molecular formula is C17H25ClN2O4. The third-order valence-corrected chi connectivity index (χ3v) is 4.27. The lowest BCUT2D eigenvalue weighted by Gasteiger charge is -2.43. The van der Waals surface area contributed by atoms with Crippen molar-refractivity contribution in [1.29, 1.82) is 0 Å². The van der Waals surface area contributed by atoms with E-state index in [4.69, 9.17) is 0 Å². The largest absolute Gasteiger partial charge is 0.469 e. The van der Waals surface area contributed by atoms with E-state index in [0.717, 1.165) is 5.56 Å². The SMILES string of the molecule is COC(=O)CCCC(=O)N[C@]1(c2ccccc2)CCNC[C@H]1O.Cl. The molecule has 0 aliphatic carbocycles. The Morgan fingerprint density at radius 2 is 2.04 bits per heavy atom. The first-order chi connectivity index (χ1) is 11.1. The number of halogens is 1. The number of ether oxygens (including phenoxy) is 1. The monoisotopic (exact) mass is 356 g/mol. The molecule has 1 aromatic carbocycles. The Kier molecular flexibility index (Phi) is 8.18. The average molecular weight is 357 g/mol. The van der Waals surface area contributed by atoms with E-state index in [1.54, 1.807) is 0 Å². The molecule has 0 spiro atoms. The van der Waals surface area contributed by atoms with Crippen LogP contribution in [-0.4, -0.2) is 43.3 Å². The number of aliphatic hydroxyl groups is 1. The lowest BCUT2D eigenvalue weighted by atomic mass is 9.79. The molecule has 1 aliphatic rings. The van der Waals surface area contributed by atoms with Crippen LogP contribution in [0.2, 0.25) is 0 Å². The molecule has 1 aromatic rings. The summed E-state index contributed by atoms with van der Waals surface area (Å²) in [5.41, 5.74) is 0.116. The van der Waals surface area contributed by atoms with E-state index in [9.17, 15) is 14.7 Å². The molecule has 1 aliphatic heterocycles. The fourth-order valence-electron chi connectivity index (χ4n) is 2.96. The Morgan fingerprint density at radius 1 is 1.33 bits per heavy atom. The maximum absolute atomic E-state index is 12.3. The van der Waals surface area contributed by atoms with Gasteiger partial charge in [0, 0.05) is 19.4 Å². The number of β-amino-alcohol motifs (C(OH)–C–C–N with tert-alkyl or cyclic N) is 1. The number of aliphatic hydroxyl groups excluding tert-OH is 1. The first kappa shape index (κ1) is 20.4. The quantitative estimate of drug-likeness (QED) is 0.665. The summed E-state index contributed by atoms with van der Waals surface area (Å²) >= 11 is 0. The van der Waals surface area contributed by atoms with Crippen LogP contribution in [0.4, 0.5) is 0 Å². The molecule has 134 valence electrons. The van der Waals surface area contributed by atoms with Crippen molar-refractivity contribution in [3.63, 3.8) is 0 Å². The first-order valence-corrected chi connectivity index (χ1v) is 7.90. The molecule has 0 unspecified atom stereocenters.